The van der Waals surface area contributed by atoms with Crippen molar-refractivity contribution in [3.8, 4) is 0 Å². The number of carbonyl (C=O) groups excluding carboxylic acids is 2. The molecular formula is C27H23F2N3O2S. The van der Waals surface area contributed by atoms with Crippen LogP contribution in [0.1, 0.15) is 42.4 Å². The smallest absolute Gasteiger partial charge is 0.282 e. The average Bonchev–Trinajstić information content (AvgIpc) is 3.11. The number of thiazole rings is 1. The fourth-order valence-corrected chi connectivity index (χ4v) is 4.45. The zero-order valence-corrected chi connectivity index (χ0v) is 20.0. The first kappa shape index (κ1) is 24.2. The molecule has 0 aliphatic carbocycles. The van der Waals surface area contributed by atoms with E-state index in [1.165, 1.54) is 41.7 Å². The molecule has 1 aromatic heterocycles. The molecule has 0 spiro atoms. The Hall–Kier alpha value is -3.91. The average molecular weight is 492 g/mol. The fourth-order valence-electron chi connectivity index (χ4n) is 3.48. The van der Waals surface area contributed by atoms with Gasteiger partial charge in [0.05, 0.1) is 12.1 Å². The number of hydrogen-bond acceptors (Lipinski definition) is 3. The molecule has 4 rings (SSSR count). The van der Waals surface area contributed by atoms with Crippen molar-refractivity contribution in [3.63, 3.8) is 0 Å². The highest BCUT2D eigenvalue weighted by molar-refractivity contribution is 7.09. The lowest BCUT2D eigenvalue weighted by Gasteiger charge is -2.09. The number of rotatable bonds is 6. The summed E-state index contributed by atoms with van der Waals surface area (Å²) in [5, 5.41) is 2.82. The summed E-state index contributed by atoms with van der Waals surface area (Å²) in [5.41, 5.74) is 3.10. The summed E-state index contributed by atoms with van der Waals surface area (Å²) in [5.74, 6) is -1.79. The third-order valence-electron chi connectivity index (χ3n) is 5.61. The molecule has 0 saturated carbocycles. The Labute approximate surface area is 205 Å². The van der Waals surface area contributed by atoms with Gasteiger partial charge in [-0.15, -0.1) is 11.3 Å². The highest BCUT2D eigenvalue weighted by Gasteiger charge is 2.13. The summed E-state index contributed by atoms with van der Waals surface area (Å²) < 4.78 is 28.9. The van der Waals surface area contributed by atoms with E-state index in [4.69, 9.17) is 0 Å². The molecule has 0 radical (unpaired) electrons. The number of aryl methyl sites for hydroxylation is 1. The number of carbonyl (C=O) groups is 2. The first-order chi connectivity index (χ1) is 16.8. The van der Waals surface area contributed by atoms with Crippen molar-refractivity contribution in [3.05, 3.63) is 122 Å². The van der Waals surface area contributed by atoms with Gasteiger partial charge in [-0.3, -0.25) is 9.59 Å². The molecule has 0 aliphatic rings. The molecule has 2 amide bonds. The van der Waals surface area contributed by atoms with Crippen LogP contribution in [0.15, 0.2) is 77.8 Å². The molecule has 3 aromatic carbocycles. The van der Waals surface area contributed by atoms with Gasteiger partial charge < -0.3 is 9.88 Å². The van der Waals surface area contributed by atoms with Gasteiger partial charge in [0.2, 0.25) is 0 Å². The second-order valence-corrected chi connectivity index (χ2v) is 9.20. The van der Waals surface area contributed by atoms with Crippen LogP contribution in [0.5, 0.6) is 0 Å². The van der Waals surface area contributed by atoms with Crippen LogP contribution >= 0.6 is 11.3 Å². The quantitative estimate of drug-likeness (QED) is 0.405. The largest absolute Gasteiger partial charge is 0.348 e. The lowest BCUT2D eigenvalue weighted by atomic mass is 10.1. The zero-order valence-electron chi connectivity index (χ0n) is 19.2. The highest BCUT2D eigenvalue weighted by atomic mass is 32.1. The third-order valence-corrected chi connectivity index (χ3v) is 6.71. The van der Waals surface area contributed by atoms with Crippen molar-refractivity contribution in [2.24, 2.45) is 4.99 Å². The Balaban J connectivity index is 1.49. The van der Waals surface area contributed by atoms with Crippen molar-refractivity contribution < 1.29 is 18.4 Å². The van der Waals surface area contributed by atoms with Gasteiger partial charge in [-0.2, -0.15) is 4.99 Å². The van der Waals surface area contributed by atoms with E-state index in [2.05, 4.69) is 10.3 Å². The predicted molar refractivity (Wildman–Crippen MR) is 131 cm³/mol. The predicted octanol–water partition coefficient (Wildman–Crippen LogP) is 5.16. The monoisotopic (exact) mass is 491 g/mol. The molecule has 4 aromatic rings. The summed E-state index contributed by atoms with van der Waals surface area (Å²) in [6.45, 7) is 4.62. The van der Waals surface area contributed by atoms with Crippen molar-refractivity contribution >= 4 is 23.2 Å². The molecule has 0 fully saturated rings. The third kappa shape index (κ3) is 5.78. The number of nitrogens with zero attached hydrogens (tertiary/aromatic N) is 2. The van der Waals surface area contributed by atoms with Crippen molar-refractivity contribution in [1.29, 1.82) is 0 Å². The Morgan fingerprint density at radius 3 is 2.26 bits per heavy atom. The lowest BCUT2D eigenvalue weighted by molar-refractivity contribution is 0.0949. The lowest BCUT2D eigenvalue weighted by Crippen LogP contribution is -2.23. The summed E-state index contributed by atoms with van der Waals surface area (Å²) in [6, 6.07) is 18.9. The molecule has 5 nitrogen and oxygen atoms in total. The van der Waals surface area contributed by atoms with E-state index in [1.54, 1.807) is 30.3 Å². The number of hydrogen-bond donors (Lipinski definition) is 1. The Morgan fingerprint density at radius 1 is 0.914 bits per heavy atom. The molecule has 0 bridgehead atoms. The molecule has 0 atom stereocenters. The van der Waals surface area contributed by atoms with Crippen LogP contribution < -0.4 is 10.1 Å². The van der Waals surface area contributed by atoms with E-state index < -0.39 is 11.7 Å². The van der Waals surface area contributed by atoms with Crippen LogP contribution in [0, 0.1) is 25.5 Å². The highest BCUT2D eigenvalue weighted by Crippen LogP contribution is 2.14. The summed E-state index contributed by atoms with van der Waals surface area (Å²) in [7, 11) is 0. The molecular weight excluding hydrogens is 468 g/mol. The van der Waals surface area contributed by atoms with Crippen molar-refractivity contribution in [2.75, 3.05) is 0 Å². The number of aromatic nitrogens is 1. The summed E-state index contributed by atoms with van der Waals surface area (Å²) in [4.78, 5) is 30.7. The molecule has 178 valence electrons. The molecule has 8 heteroatoms. The maximum absolute atomic E-state index is 14.0. The normalized spacial score (nSPS) is 11.5. The number of benzene rings is 3. The first-order valence-electron chi connectivity index (χ1n) is 10.9. The van der Waals surface area contributed by atoms with Gasteiger partial charge in [-0.1, -0.05) is 36.4 Å². The molecule has 35 heavy (non-hydrogen) atoms. The van der Waals surface area contributed by atoms with Crippen LogP contribution in [0.3, 0.4) is 0 Å². The Morgan fingerprint density at radius 2 is 1.57 bits per heavy atom. The standard InChI is InChI=1S/C27H23F2N3O2S/c1-17-18(2)35-27(31-26(34)23-5-3-4-6-24(23)29)32(17)16-20-7-11-21(12-8-20)25(33)30-15-19-9-13-22(28)14-10-19/h3-14H,15-16H2,1-2H3,(H,30,33). The van der Waals surface area contributed by atoms with Crippen molar-refractivity contribution in [1.82, 2.24) is 9.88 Å². The number of halogens is 2. The van der Waals surface area contributed by atoms with Gasteiger partial charge in [-0.25, -0.2) is 8.78 Å². The van der Waals surface area contributed by atoms with E-state index in [0.29, 0.717) is 23.5 Å². The second kappa shape index (κ2) is 10.6. The van der Waals surface area contributed by atoms with Gasteiger partial charge in [0.1, 0.15) is 11.6 Å². The summed E-state index contributed by atoms with van der Waals surface area (Å²) in [6.07, 6.45) is 0. The van der Waals surface area contributed by atoms with E-state index in [1.807, 2.05) is 30.5 Å². The van der Waals surface area contributed by atoms with E-state index in [9.17, 15) is 18.4 Å². The fraction of sp³-hybridized carbons (Fsp3) is 0.148. The van der Waals surface area contributed by atoms with E-state index in [-0.39, 0.29) is 17.3 Å². The molecule has 1 heterocycles. The molecule has 0 saturated heterocycles. The van der Waals surface area contributed by atoms with Gasteiger partial charge in [0.15, 0.2) is 4.80 Å². The SMILES string of the molecule is Cc1sc(=NC(=O)c2ccccc2F)n(Cc2ccc(C(=O)NCc3ccc(F)cc3)cc2)c1C. The van der Waals surface area contributed by atoms with E-state index in [0.717, 1.165) is 21.7 Å². The molecule has 0 unspecified atom stereocenters. The zero-order chi connectivity index (χ0) is 24.9. The minimum absolute atomic E-state index is 0.0706. The van der Waals surface area contributed by atoms with Gasteiger partial charge in [0, 0.05) is 22.7 Å². The van der Waals surface area contributed by atoms with Crippen molar-refractivity contribution in [2.45, 2.75) is 26.9 Å². The van der Waals surface area contributed by atoms with Crippen LogP contribution in [0.25, 0.3) is 0 Å². The molecule has 1 N–H and O–H groups in total. The van der Waals surface area contributed by atoms with Gasteiger partial charge in [-0.05, 0) is 61.4 Å². The maximum atomic E-state index is 14.0. The summed E-state index contributed by atoms with van der Waals surface area (Å²) >= 11 is 1.37. The molecule has 0 aliphatic heterocycles. The number of nitrogens with one attached hydrogen (secondary N) is 1. The van der Waals surface area contributed by atoms with Crippen LogP contribution in [0.2, 0.25) is 0 Å². The van der Waals surface area contributed by atoms with Crippen LogP contribution in [0.4, 0.5) is 8.78 Å². The maximum Gasteiger partial charge on any atom is 0.282 e. The van der Waals surface area contributed by atoms with Gasteiger partial charge in [0.25, 0.3) is 11.8 Å². The van der Waals surface area contributed by atoms with E-state index >= 15 is 0 Å². The minimum Gasteiger partial charge on any atom is -0.348 e. The van der Waals surface area contributed by atoms with Crippen LogP contribution in [-0.4, -0.2) is 16.4 Å². The minimum atomic E-state index is -0.633. The second-order valence-electron chi connectivity index (χ2n) is 8.02. The first-order valence-corrected chi connectivity index (χ1v) is 11.8. The Bertz CT molecular complexity index is 1440. The number of amides is 2. The topological polar surface area (TPSA) is 63.5 Å². The van der Waals surface area contributed by atoms with Gasteiger partial charge >= 0.3 is 0 Å². The van der Waals surface area contributed by atoms with Crippen LogP contribution in [-0.2, 0) is 13.1 Å². The Kier molecular flexibility index (Phi) is 7.31.